The van der Waals surface area contributed by atoms with Gasteiger partial charge in [-0.1, -0.05) is 0 Å². The molecule has 23 heavy (non-hydrogen) atoms. The van der Waals surface area contributed by atoms with E-state index in [1.165, 1.54) is 0 Å². The quantitative estimate of drug-likeness (QED) is 0.846. The molecule has 2 fully saturated rings. The van der Waals surface area contributed by atoms with Gasteiger partial charge in [0, 0.05) is 51.5 Å². The first kappa shape index (κ1) is 16.4. The van der Waals surface area contributed by atoms with Crippen LogP contribution in [-0.4, -0.2) is 76.5 Å². The number of rotatable bonds is 4. The van der Waals surface area contributed by atoms with Gasteiger partial charge in [0.05, 0.1) is 19.4 Å². The van der Waals surface area contributed by atoms with Gasteiger partial charge in [0.2, 0.25) is 0 Å². The monoisotopic (exact) mass is 322 g/mol. The van der Waals surface area contributed by atoms with Gasteiger partial charge >= 0.3 is 0 Å². The standard InChI is InChI=1S/C16H26N4O3/c1-18-12-14(9-17-18)15(21)16(22)20-4-2-3-13(11-20)10-19-5-7-23-8-6-19/h9,12-13,15,21H,2-8,10-11H2,1H3. The van der Waals surface area contributed by atoms with Crippen LogP contribution in [0.3, 0.4) is 0 Å². The number of piperidine rings is 1. The molecule has 3 rings (SSSR count). The number of carbonyl (C=O) groups is 1. The van der Waals surface area contributed by atoms with E-state index in [0.717, 1.165) is 58.8 Å². The van der Waals surface area contributed by atoms with Crippen molar-refractivity contribution in [2.24, 2.45) is 13.0 Å². The number of amides is 1. The number of aliphatic hydroxyl groups is 1. The predicted octanol–water partition coefficient (Wildman–Crippen LogP) is 0.0243. The molecule has 0 bridgehead atoms. The molecule has 1 N–H and O–H groups in total. The molecule has 2 atom stereocenters. The Morgan fingerprint density at radius 2 is 2.22 bits per heavy atom. The number of ether oxygens (including phenoxy) is 1. The number of morpholine rings is 1. The fraction of sp³-hybridized carbons (Fsp3) is 0.750. The van der Waals surface area contributed by atoms with Crippen LogP contribution in [-0.2, 0) is 16.6 Å². The summed E-state index contributed by atoms with van der Waals surface area (Å²) >= 11 is 0. The van der Waals surface area contributed by atoms with Crippen LogP contribution in [0.4, 0.5) is 0 Å². The molecule has 0 spiro atoms. The summed E-state index contributed by atoms with van der Waals surface area (Å²) in [5, 5.41) is 14.3. The Kier molecular flexibility index (Phi) is 5.30. The van der Waals surface area contributed by atoms with Gasteiger partial charge in [-0.05, 0) is 18.8 Å². The average Bonchev–Trinajstić information content (AvgIpc) is 3.01. The molecule has 7 nitrogen and oxygen atoms in total. The maximum absolute atomic E-state index is 12.6. The number of nitrogens with zero attached hydrogens (tertiary/aromatic N) is 4. The number of likely N-dealkylation sites (tertiary alicyclic amines) is 1. The highest BCUT2D eigenvalue weighted by Crippen LogP contribution is 2.22. The molecule has 3 heterocycles. The van der Waals surface area contributed by atoms with Crippen molar-refractivity contribution >= 4 is 5.91 Å². The minimum Gasteiger partial charge on any atom is -0.379 e. The number of hydrogen-bond acceptors (Lipinski definition) is 5. The van der Waals surface area contributed by atoms with Crippen LogP contribution < -0.4 is 0 Å². The molecule has 0 saturated carbocycles. The van der Waals surface area contributed by atoms with E-state index < -0.39 is 6.10 Å². The Balaban J connectivity index is 1.55. The molecule has 2 unspecified atom stereocenters. The second-order valence-electron chi connectivity index (χ2n) is 6.56. The number of carbonyl (C=O) groups excluding carboxylic acids is 1. The molecule has 1 aromatic heterocycles. The lowest BCUT2D eigenvalue weighted by atomic mass is 9.96. The van der Waals surface area contributed by atoms with Crippen molar-refractivity contribution in [2.75, 3.05) is 45.9 Å². The molecular weight excluding hydrogens is 296 g/mol. The maximum Gasteiger partial charge on any atom is 0.256 e. The largest absolute Gasteiger partial charge is 0.379 e. The zero-order chi connectivity index (χ0) is 16.2. The van der Waals surface area contributed by atoms with Gasteiger partial charge in [-0.15, -0.1) is 0 Å². The highest BCUT2D eigenvalue weighted by atomic mass is 16.5. The van der Waals surface area contributed by atoms with E-state index in [2.05, 4.69) is 10.00 Å². The Hall–Kier alpha value is -1.44. The molecule has 7 heteroatoms. The van der Waals surface area contributed by atoms with Crippen LogP contribution in [0.1, 0.15) is 24.5 Å². The number of hydrogen-bond donors (Lipinski definition) is 1. The molecule has 2 aliphatic rings. The van der Waals surface area contributed by atoms with Crippen molar-refractivity contribution in [1.82, 2.24) is 19.6 Å². The molecule has 1 aromatic rings. The normalized spacial score (nSPS) is 24.6. The molecule has 1 amide bonds. The van der Waals surface area contributed by atoms with Crippen molar-refractivity contribution in [1.29, 1.82) is 0 Å². The highest BCUT2D eigenvalue weighted by molar-refractivity contribution is 5.82. The van der Waals surface area contributed by atoms with Gasteiger partial charge in [0.1, 0.15) is 0 Å². The van der Waals surface area contributed by atoms with Crippen LogP contribution >= 0.6 is 0 Å². The van der Waals surface area contributed by atoms with Crippen molar-refractivity contribution in [3.63, 3.8) is 0 Å². The van der Waals surface area contributed by atoms with E-state index in [9.17, 15) is 9.90 Å². The summed E-state index contributed by atoms with van der Waals surface area (Å²) in [5.74, 6) is 0.275. The van der Waals surface area contributed by atoms with Gasteiger partial charge in [0.15, 0.2) is 6.10 Å². The van der Waals surface area contributed by atoms with Crippen LogP contribution in [0, 0.1) is 5.92 Å². The van der Waals surface area contributed by atoms with Crippen LogP contribution in [0.25, 0.3) is 0 Å². The van der Waals surface area contributed by atoms with Gasteiger partial charge in [0.25, 0.3) is 5.91 Å². The fourth-order valence-corrected chi connectivity index (χ4v) is 3.46. The first-order valence-electron chi connectivity index (χ1n) is 8.39. The third-order valence-corrected chi connectivity index (χ3v) is 4.73. The van der Waals surface area contributed by atoms with Gasteiger partial charge in [-0.3, -0.25) is 14.4 Å². The summed E-state index contributed by atoms with van der Waals surface area (Å²) in [6, 6.07) is 0. The fourth-order valence-electron chi connectivity index (χ4n) is 3.46. The Bertz CT molecular complexity index is 527. The van der Waals surface area contributed by atoms with E-state index in [-0.39, 0.29) is 5.91 Å². The second-order valence-corrected chi connectivity index (χ2v) is 6.56. The van der Waals surface area contributed by atoms with Crippen LogP contribution in [0.15, 0.2) is 12.4 Å². The van der Waals surface area contributed by atoms with Crippen molar-refractivity contribution in [2.45, 2.75) is 18.9 Å². The van der Waals surface area contributed by atoms with Crippen molar-refractivity contribution < 1.29 is 14.6 Å². The van der Waals surface area contributed by atoms with Crippen LogP contribution in [0.2, 0.25) is 0 Å². The minimum atomic E-state index is -1.11. The van der Waals surface area contributed by atoms with E-state index in [1.54, 1.807) is 24.1 Å². The smallest absolute Gasteiger partial charge is 0.256 e. The topological polar surface area (TPSA) is 70.8 Å². The summed E-state index contributed by atoms with van der Waals surface area (Å²) in [5.41, 5.74) is 0.563. The summed E-state index contributed by atoms with van der Waals surface area (Å²) in [6.07, 6.45) is 4.28. The second kappa shape index (κ2) is 7.42. The number of aromatic nitrogens is 2. The zero-order valence-corrected chi connectivity index (χ0v) is 13.7. The first-order valence-corrected chi connectivity index (χ1v) is 8.39. The lowest BCUT2D eigenvalue weighted by Crippen LogP contribution is -2.47. The Morgan fingerprint density at radius 1 is 1.43 bits per heavy atom. The molecule has 0 aromatic carbocycles. The summed E-state index contributed by atoms with van der Waals surface area (Å²) in [6.45, 7) is 6.02. The Labute approximate surface area is 136 Å². The molecule has 0 radical (unpaired) electrons. The maximum atomic E-state index is 12.6. The van der Waals surface area contributed by atoms with Crippen LogP contribution in [0.5, 0.6) is 0 Å². The molecule has 2 saturated heterocycles. The van der Waals surface area contributed by atoms with E-state index in [0.29, 0.717) is 11.5 Å². The predicted molar refractivity (Wildman–Crippen MR) is 84.7 cm³/mol. The Morgan fingerprint density at radius 3 is 2.91 bits per heavy atom. The lowest BCUT2D eigenvalue weighted by molar-refractivity contribution is -0.142. The minimum absolute atomic E-state index is 0.204. The number of aliphatic hydroxyl groups excluding tert-OH is 1. The van der Waals surface area contributed by atoms with Gasteiger partial charge in [-0.25, -0.2) is 0 Å². The lowest BCUT2D eigenvalue weighted by Gasteiger charge is -2.37. The van der Waals surface area contributed by atoms with Gasteiger partial charge in [-0.2, -0.15) is 5.10 Å². The third-order valence-electron chi connectivity index (χ3n) is 4.73. The van der Waals surface area contributed by atoms with E-state index in [4.69, 9.17) is 4.74 Å². The SMILES string of the molecule is Cn1cc(C(O)C(=O)N2CCCC(CN3CCOCC3)C2)cn1. The molecule has 2 aliphatic heterocycles. The highest BCUT2D eigenvalue weighted by Gasteiger charge is 2.30. The van der Waals surface area contributed by atoms with E-state index in [1.807, 2.05) is 4.90 Å². The first-order chi connectivity index (χ1) is 11.1. The summed E-state index contributed by atoms with van der Waals surface area (Å²) < 4.78 is 6.98. The number of aryl methyl sites for hydroxylation is 1. The third kappa shape index (κ3) is 4.10. The summed E-state index contributed by atoms with van der Waals surface area (Å²) in [4.78, 5) is 16.8. The molecular formula is C16H26N4O3. The van der Waals surface area contributed by atoms with Gasteiger partial charge < -0.3 is 14.7 Å². The average molecular weight is 322 g/mol. The zero-order valence-electron chi connectivity index (χ0n) is 13.7. The van der Waals surface area contributed by atoms with Crippen molar-refractivity contribution in [3.8, 4) is 0 Å². The molecule has 0 aliphatic carbocycles. The van der Waals surface area contributed by atoms with E-state index >= 15 is 0 Å². The summed E-state index contributed by atoms with van der Waals surface area (Å²) in [7, 11) is 1.78. The van der Waals surface area contributed by atoms with Crippen molar-refractivity contribution in [3.05, 3.63) is 18.0 Å². The molecule has 128 valence electrons.